The molecule has 2 rings (SSSR count). The third-order valence-corrected chi connectivity index (χ3v) is 3.07. The van der Waals surface area contributed by atoms with Gasteiger partial charge in [0.2, 0.25) is 0 Å². The number of nitrogens with one attached hydrogen (secondary N) is 1. The molecule has 1 aliphatic heterocycles. The monoisotopic (exact) mass is 222 g/mol. The van der Waals surface area contributed by atoms with Gasteiger partial charge in [0, 0.05) is 13.1 Å². The van der Waals surface area contributed by atoms with Crippen molar-refractivity contribution in [3.8, 4) is 0 Å². The average molecular weight is 222 g/mol. The maximum atomic E-state index is 9.66. The lowest BCUT2D eigenvalue weighted by molar-refractivity contribution is 0.0969. The lowest BCUT2D eigenvalue weighted by Crippen LogP contribution is -2.42. The highest BCUT2D eigenvalue weighted by Gasteiger charge is 2.24. The molecule has 1 saturated heterocycles. The van der Waals surface area contributed by atoms with E-state index in [0.29, 0.717) is 5.82 Å². The van der Waals surface area contributed by atoms with Crippen molar-refractivity contribution >= 4 is 11.6 Å². The molecule has 0 aromatic carbocycles. The SMILES string of the molecule is CC1CN(c2cccc(NN)n2)CCC1O. The molecule has 5 nitrogen and oxygen atoms in total. The Hall–Kier alpha value is -1.33. The van der Waals surface area contributed by atoms with Gasteiger partial charge in [-0.3, -0.25) is 0 Å². The standard InChI is InChI=1S/C11H18N4O/c1-8-7-15(6-5-9(8)16)11-4-2-3-10(13-11)14-12/h2-4,8-9,16H,5-7,12H2,1H3,(H,13,14). The minimum Gasteiger partial charge on any atom is -0.393 e. The second-order valence-electron chi connectivity index (χ2n) is 4.30. The van der Waals surface area contributed by atoms with Gasteiger partial charge in [-0.25, -0.2) is 10.8 Å². The van der Waals surface area contributed by atoms with Crippen LogP contribution in [0.25, 0.3) is 0 Å². The summed E-state index contributed by atoms with van der Waals surface area (Å²) >= 11 is 0. The lowest BCUT2D eigenvalue weighted by atomic mass is 9.97. The first-order valence-electron chi connectivity index (χ1n) is 5.57. The molecular weight excluding hydrogens is 204 g/mol. The number of nitrogen functional groups attached to an aromatic ring is 1. The van der Waals surface area contributed by atoms with E-state index >= 15 is 0 Å². The van der Waals surface area contributed by atoms with Crippen LogP contribution in [0.15, 0.2) is 18.2 Å². The average Bonchev–Trinajstić information content (AvgIpc) is 2.33. The van der Waals surface area contributed by atoms with Crippen LogP contribution in [0.4, 0.5) is 11.6 Å². The summed E-state index contributed by atoms with van der Waals surface area (Å²) in [4.78, 5) is 6.56. The number of pyridine rings is 1. The molecule has 1 fully saturated rings. The predicted octanol–water partition coefficient (Wildman–Crippen LogP) is 0.574. The zero-order valence-corrected chi connectivity index (χ0v) is 9.43. The summed E-state index contributed by atoms with van der Waals surface area (Å²) in [6, 6.07) is 5.71. The first-order valence-corrected chi connectivity index (χ1v) is 5.57. The Morgan fingerprint density at radius 3 is 3.06 bits per heavy atom. The number of hydrogen-bond donors (Lipinski definition) is 3. The van der Waals surface area contributed by atoms with Crippen molar-refractivity contribution in [2.75, 3.05) is 23.4 Å². The molecule has 0 radical (unpaired) electrons. The van der Waals surface area contributed by atoms with Gasteiger partial charge in [0.25, 0.3) is 0 Å². The van der Waals surface area contributed by atoms with Gasteiger partial charge in [0.05, 0.1) is 6.10 Å². The number of aliphatic hydroxyl groups is 1. The van der Waals surface area contributed by atoms with E-state index < -0.39 is 0 Å². The maximum absolute atomic E-state index is 9.66. The second-order valence-corrected chi connectivity index (χ2v) is 4.30. The molecule has 2 unspecified atom stereocenters. The molecule has 0 saturated carbocycles. The fourth-order valence-corrected chi connectivity index (χ4v) is 2.02. The molecule has 5 heteroatoms. The van der Waals surface area contributed by atoms with Crippen molar-refractivity contribution in [1.29, 1.82) is 0 Å². The molecule has 0 aliphatic carbocycles. The van der Waals surface area contributed by atoms with E-state index in [1.54, 1.807) is 0 Å². The topological polar surface area (TPSA) is 74.4 Å². The van der Waals surface area contributed by atoms with Crippen molar-refractivity contribution in [3.63, 3.8) is 0 Å². The Labute approximate surface area is 95.2 Å². The maximum Gasteiger partial charge on any atom is 0.142 e. The Balaban J connectivity index is 2.12. The summed E-state index contributed by atoms with van der Waals surface area (Å²) in [7, 11) is 0. The molecule has 0 amide bonds. The van der Waals surface area contributed by atoms with Crippen LogP contribution in [0.3, 0.4) is 0 Å². The van der Waals surface area contributed by atoms with Crippen molar-refractivity contribution in [2.45, 2.75) is 19.4 Å². The molecule has 1 aromatic rings. The molecule has 2 atom stereocenters. The number of nitrogens with zero attached hydrogens (tertiary/aromatic N) is 2. The molecule has 1 aromatic heterocycles. The normalized spacial score (nSPS) is 25.6. The minimum atomic E-state index is -0.188. The van der Waals surface area contributed by atoms with Crippen LogP contribution < -0.4 is 16.2 Å². The number of piperidine rings is 1. The third kappa shape index (κ3) is 2.25. The number of aromatic nitrogens is 1. The van der Waals surface area contributed by atoms with Crippen LogP contribution in [0, 0.1) is 5.92 Å². The van der Waals surface area contributed by atoms with Crippen LogP contribution in [0.1, 0.15) is 13.3 Å². The molecule has 4 N–H and O–H groups in total. The number of anilines is 2. The summed E-state index contributed by atoms with van der Waals surface area (Å²) in [5.41, 5.74) is 2.54. The Morgan fingerprint density at radius 1 is 1.56 bits per heavy atom. The lowest BCUT2D eigenvalue weighted by Gasteiger charge is -2.35. The minimum absolute atomic E-state index is 0.188. The van der Waals surface area contributed by atoms with Gasteiger partial charge in [-0.2, -0.15) is 0 Å². The van der Waals surface area contributed by atoms with E-state index in [1.807, 2.05) is 18.2 Å². The smallest absolute Gasteiger partial charge is 0.142 e. The van der Waals surface area contributed by atoms with E-state index in [1.165, 1.54) is 0 Å². The van der Waals surface area contributed by atoms with E-state index in [-0.39, 0.29) is 12.0 Å². The highest BCUT2D eigenvalue weighted by molar-refractivity contribution is 5.46. The van der Waals surface area contributed by atoms with Gasteiger partial charge >= 0.3 is 0 Å². The summed E-state index contributed by atoms with van der Waals surface area (Å²) in [5.74, 6) is 7.18. The van der Waals surface area contributed by atoms with Crippen molar-refractivity contribution in [3.05, 3.63) is 18.2 Å². The van der Waals surface area contributed by atoms with Crippen LogP contribution >= 0.6 is 0 Å². The van der Waals surface area contributed by atoms with E-state index in [0.717, 1.165) is 25.3 Å². The Bertz CT molecular complexity index is 358. The first-order chi connectivity index (χ1) is 7.70. The number of nitrogens with two attached hydrogens (primary N) is 1. The number of aliphatic hydroxyl groups excluding tert-OH is 1. The van der Waals surface area contributed by atoms with E-state index in [4.69, 9.17) is 5.84 Å². The molecule has 1 aliphatic rings. The van der Waals surface area contributed by atoms with E-state index in [2.05, 4.69) is 22.2 Å². The zero-order valence-electron chi connectivity index (χ0n) is 9.43. The summed E-state index contributed by atoms with van der Waals surface area (Å²) in [5, 5.41) is 9.66. The van der Waals surface area contributed by atoms with Gasteiger partial charge < -0.3 is 15.4 Å². The quantitative estimate of drug-likeness (QED) is 0.504. The number of hydrazine groups is 1. The van der Waals surface area contributed by atoms with Gasteiger partial charge in [-0.05, 0) is 24.5 Å². The van der Waals surface area contributed by atoms with Crippen LogP contribution in [-0.2, 0) is 0 Å². The largest absolute Gasteiger partial charge is 0.393 e. The molecule has 0 bridgehead atoms. The Kier molecular flexibility index (Phi) is 3.26. The second kappa shape index (κ2) is 4.67. The first kappa shape index (κ1) is 11.2. The zero-order chi connectivity index (χ0) is 11.5. The predicted molar refractivity (Wildman–Crippen MR) is 64.0 cm³/mol. The fraction of sp³-hybridized carbons (Fsp3) is 0.545. The molecule has 88 valence electrons. The third-order valence-electron chi connectivity index (χ3n) is 3.07. The fourth-order valence-electron chi connectivity index (χ4n) is 2.02. The number of hydrogen-bond acceptors (Lipinski definition) is 5. The summed E-state index contributed by atoms with van der Waals surface area (Å²) in [6.07, 6.45) is 0.607. The Morgan fingerprint density at radius 2 is 2.38 bits per heavy atom. The van der Waals surface area contributed by atoms with Gasteiger partial charge in [-0.15, -0.1) is 0 Å². The van der Waals surface area contributed by atoms with Crippen molar-refractivity contribution in [1.82, 2.24) is 4.98 Å². The highest BCUT2D eigenvalue weighted by Crippen LogP contribution is 2.22. The van der Waals surface area contributed by atoms with E-state index in [9.17, 15) is 5.11 Å². The highest BCUT2D eigenvalue weighted by atomic mass is 16.3. The van der Waals surface area contributed by atoms with Gasteiger partial charge in [0.15, 0.2) is 0 Å². The van der Waals surface area contributed by atoms with Gasteiger partial charge in [-0.1, -0.05) is 13.0 Å². The summed E-state index contributed by atoms with van der Waals surface area (Å²) in [6.45, 7) is 3.73. The van der Waals surface area contributed by atoms with Crippen molar-refractivity contribution < 1.29 is 5.11 Å². The van der Waals surface area contributed by atoms with Crippen LogP contribution in [0.2, 0.25) is 0 Å². The molecule has 2 heterocycles. The van der Waals surface area contributed by atoms with Gasteiger partial charge in [0.1, 0.15) is 11.6 Å². The summed E-state index contributed by atoms with van der Waals surface area (Å²) < 4.78 is 0. The molecule has 16 heavy (non-hydrogen) atoms. The van der Waals surface area contributed by atoms with Crippen LogP contribution in [-0.4, -0.2) is 29.3 Å². The molecule has 0 spiro atoms. The van der Waals surface area contributed by atoms with Crippen LogP contribution in [0.5, 0.6) is 0 Å². The molecular formula is C11H18N4O. The van der Waals surface area contributed by atoms with Crippen molar-refractivity contribution in [2.24, 2.45) is 11.8 Å². The number of rotatable bonds is 2.